The number of hydrogen-bond acceptors (Lipinski definition) is 7. The van der Waals surface area contributed by atoms with Crippen LogP contribution in [-0.4, -0.2) is 55.1 Å². The molecule has 1 fully saturated rings. The largest absolute Gasteiger partial charge is 0.340 e. The SMILES string of the molecule is CCc1cc(-c2cccc3cc(-c4ccc(C(=O)NCC#Cc5ccn6ncc(N7CCC(=O)NC7=O)c6c5)nc4)ncc23)c2cc(C)c(=O)n(C)c2c1. The summed E-state index contributed by atoms with van der Waals surface area (Å²) >= 11 is 0. The van der Waals surface area contributed by atoms with Crippen molar-refractivity contribution in [2.24, 2.45) is 7.05 Å². The van der Waals surface area contributed by atoms with Crippen molar-refractivity contribution in [2.75, 3.05) is 18.0 Å². The normalized spacial score (nSPS) is 12.9. The van der Waals surface area contributed by atoms with Crippen molar-refractivity contribution in [3.8, 4) is 34.2 Å². The number of benzene rings is 2. The predicted molar refractivity (Wildman–Crippen MR) is 207 cm³/mol. The van der Waals surface area contributed by atoms with Crippen LogP contribution in [0.4, 0.5) is 10.5 Å². The van der Waals surface area contributed by atoms with Gasteiger partial charge in [-0.05, 0) is 77.9 Å². The highest BCUT2D eigenvalue weighted by Gasteiger charge is 2.26. The van der Waals surface area contributed by atoms with E-state index < -0.39 is 6.03 Å². The maximum absolute atomic E-state index is 12.9. The topological polar surface area (TPSA) is 144 Å². The molecular weight excluding hydrogens is 681 g/mol. The van der Waals surface area contributed by atoms with Gasteiger partial charge in [-0.1, -0.05) is 43.0 Å². The molecule has 0 aliphatic carbocycles. The number of fused-ring (bicyclic) bond motifs is 3. The minimum Gasteiger partial charge on any atom is -0.340 e. The quantitative estimate of drug-likeness (QED) is 0.215. The molecule has 5 aromatic heterocycles. The first-order valence-electron chi connectivity index (χ1n) is 17.5. The summed E-state index contributed by atoms with van der Waals surface area (Å²) in [7, 11) is 1.82. The number of carbonyl (C=O) groups excluding carboxylic acids is 3. The standard InChI is InChI=1S/C42H34N8O4/c1-4-26-18-31(32-17-25(2)41(53)48(3)36(32)19-26)30-9-5-8-28-21-35(45-23-33(28)30)29-10-11-34(44-22-29)40(52)43-14-6-7-27-12-16-50-37(20-27)38(24-46-50)49-15-13-39(51)47-42(49)54/h5,8-12,16-24H,4,13-15H2,1-3H3,(H,43,52)(H,47,51,54). The number of anilines is 1. The fraction of sp³-hybridized carbons (Fsp3) is 0.167. The van der Waals surface area contributed by atoms with Gasteiger partial charge in [0.05, 0.1) is 35.2 Å². The molecule has 4 amide bonds. The van der Waals surface area contributed by atoms with Crippen LogP contribution in [-0.2, 0) is 18.3 Å². The molecule has 8 rings (SSSR count). The molecular formula is C42H34N8O4. The molecule has 0 saturated carbocycles. The Labute approximate surface area is 309 Å². The first-order valence-corrected chi connectivity index (χ1v) is 17.5. The molecule has 0 unspecified atom stereocenters. The molecule has 0 spiro atoms. The number of nitrogens with one attached hydrogen (secondary N) is 2. The van der Waals surface area contributed by atoms with Gasteiger partial charge in [0.2, 0.25) is 5.91 Å². The molecule has 12 nitrogen and oxygen atoms in total. The van der Waals surface area contributed by atoms with E-state index in [4.69, 9.17) is 4.98 Å². The van der Waals surface area contributed by atoms with Crippen molar-refractivity contribution in [1.29, 1.82) is 0 Å². The Balaban J connectivity index is 0.978. The van der Waals surface area contributed by atoms with Gasteiger partial charge in [-0.2, -0.15) is 5.10 Å². The molecule has 12 heteroatoms. The number of rotatable bonds is 6. The number of imide groups is 1. The average Bonchev–Trinajstić information content (AvgIpc) is 3.61. The average molecular weight is 715 g/mol. The second-order valence-corrected chi connectivity index (χ2v) is 13.2. The number of hydrogen-bond donors (Lipinski definition) is 2. The zero-order valence-corrected chi connectivity index (χ0v) is 29.8. The van der Waals surface area contributed by atoms with E-state index in [-0.39, 0.29) is 42.6 Å². The van der Waals surface area contributed by atoms with Crippen LogP contribution in [0.2, 0.25) is 0 Å². The van der Waals surface area contributed by atoms with E-state index in [9.17, 15) is 19.2 Å². The summed E-state index contributed by atoms with van der Waals surface area (Å²) in [5, 5.41) is 12.4. The molecule has 0 bridgehead atoms. The third-order valence-electron chi connectivity index (χ3n) is 9.75. The van der Waals surface area contributed by atoms with Crippen LogP contribution in [0.1, 0.15) is 40.5 Å². The number of aryl methyl sites for hydroxylation is 3. The van der Waals surface area contributed by atoms with E-state index in [1.54, 1.807) is 45.9 Å². The Kier molecular flexibility index (Phi) is 8.67. The lowest BCUT2D eigenvalue weighted by atomic mass is 9.93. The summed E-state index contributed by atoms with van der Waals surface area (Å²) < 4.78 is 3.36. The lowest BCUT2D eigenvalue weighted by molar-refractivity contribution is -0.120. The van der Waals surface area contributed by atoms with Gasteiger partial charge in [0, 0.05) is 66.1 Å². The smallest absolute Gasteiger partial charge is 0.328 e. The van der Waals surface area contributed by atoms with Crippen molar-refractivity contribution in [3.63, 3.8) is 0 Å². The highest BCUT2D eigenvalue weighted by atomic mass is 16.2. The van der Waals surface area contributed by atoms with E-state index in [2.05, 4.69) is 63.7 Å². The number of aromatic nitrogens is 5. The van der Waals surface area contributed by atoms with Gasteiger partial charge < -0.3 is 9.88 Å². The van der Waals surface area contributed by atoms with Gasteiger partial charge in [-0.3, -0.25) is 34.6 Å². The molecule has 1 saturated heterocycles. The molecule has 0 atom stereocenters. The van der Waals surface area contributed by atoms with Gasteiger partial charge >= 0.3 is 6.03 Å². The molecule has 0 radical (unpaired) electrons. The third kappa shape index (κ3) is 6.22. The Morgan fingerprint density at radius 2 is 1.80 bits per heavy atom. The first-order chi connectivity index (χ1) is 26.2. The van der Waals surface area contributed by atoms with Crippen LogP contribution >= 0.6 is 0 Å². The zero-order valence-electron chi connectivity index (χ0n) is 29.8. The van der Waals surface area contributed by atoms with Crippen LogP contribution in [0.3, 0.4) is 0 Å². The molecule has 54 heavy (non-hydrogen) atoms. The Morgan fingerprint density at radius 1 is 0.926 bits per heavy atom. The Morgan fingerprint density at radius 3 is 2.59 bits per heavy atom. The second-order valence-electron chi connectivity index (χ2n) is 13.2. The van der Waals surface area contributed by atoms with Crippen molar-refractivity contribution >= 4 is 50.7 Å². The maximum Gasteiger partial charge on any atom is 0.328 e. The number of pyridine rings is 4. The minimum atomic E-state index is -0.487. The molecule has 2 N–H and O–H groups in total. The van der Waals surface area contributed by atoms with Gasteiger partial charge in [-0.15, -0.1) is 0 Å². The van der Waals surface area contributed by atoms with Crippen LogP contribution in [0.25, 0.3) is 49.6 Å². The summed E-state index contributed by atoms with van der Waals surface area (Å²) in [5.41, 5.74) is 8.50. The molecule has 2 aromatic carbocycles. The summed E-state index contributed by atoms with van der Waals surface area (Å²) in [6.07, 6.45) is 7.87. The monoisotopic (exact) mass is 714 g/mol. The van der Waals surface area contributed by atoms with Gasteiger partial charge in [0.15, 0.2) is 0 Å². The summed E-state index contributed by atoms with van der Waals surface area (Å²) in [6.45, 7) is 4.32. The van der Waals surface area contributed by atoms with E-state index >= 15 is 0 Å². The number of nitrogens with zero attached hydrogens (tertiary/aromatic N) is 6. The summed E-state index contributed by atoms with van der Waals surface area (Å²) in [4.78, 5) is 60.3. The number of carbonyl (C=O) groups is 3. The van der Waals surface area contributed by atoms with E-state index in [1.807, 2.05) is 44.4 Å². The lowest BCUT2D eigenvalue weighted by Crippen LogP contribution is -2.49. The molecule has 6 heterocycles. The van der Waals surface area contributed by atoms with Crippen LogP contribution in [0.5, 0.6) is 0 Å². The summed E-state index contributed by atoms with van der Waals surface area (Å²) in [6, 6.07) is 21.1. The Bertz CT molecular complexity index is 2810. The second kappa shape index (κ2) is 13.8. The van der Waals surface area contributed by atoms with Crippen molar-refractivity contribution in [3.05, 3.63) is 124 Å². The van der Waals surface area contributed by atoms with Gasteiger partial charge in [0.1, 0.15) is 5.69 Å². The summed E-state index contributed by atoms with van der Waals surface area (Å²) in [5.74, 6) is 5.34. The van der Waals surface area contributed by atoms with Crippen molar-refractivity contribution < 1.29 is 14.4 Å². The van der Waals surface area contributed by atoms with E-state index in [0.717, 1.165) is 56.0 Å². The highest BCUT2D eigenvalue weighted by Crippen LogP contribution is 2.36. The molecule has 1 aliphatic rings. The van der Waals surface area contributed by atoms with Crippen LogP contribution in [0.15, 0.2) is 96.3 Å². The predicted octanol–water partition coefficient (Wildman–Crippen LogP) is 5.56. The van der Waals surface area contributed by atoms with Gasteiger partial charge in [0.25, 0.3) is 11.5 Å². The molecule has 1 aliphatic heterocycles. The highest BCUT2D eigenvalue weighted by molar-refractivity contribution is 6.08. The maximum atomic E-state index is 12.9. The fourth-order valence-corrected chi connectivity index (χ4v) is 6.86. The molecule has 7 aromatic rings. The molecule has 266 valence electrons. The first kappa shape index (κ1) is 34.0. The van der Waals surface area contributed by atoms with Crippen molar-refractivity contribution in [1.82, 2.24) is 34.8 Å². The van der Waals surface area contributed by atoms with E-state index in [0.29, 0.717) is 22.3 Å². The lowest BCUT2D eigenvalue weighted by Gasteiger charge is -2.25. The van der Waals surface area contributed by atoms with Crippen molar-refractivity contribution in [2.45, 2.75) is 26.7 Å². The van der Waals surface area contributed by atoms with Gasteiger partial charge in [-0.25, -0.2) is 9.31 Å². The number of urea groups is 1. The van der Waals surface area contributed by atoms with E-state index in [1.165, 1.54) is 4.90 Å². The fourth-order valence-electron chi connectivity index (χ4n) is 6.86. The number of amides is 4. The van der Waals surface area contributed by atoms with Crippen LogP contribution in [0, 0.1) is 18.8 Å². The third-order valence-corrected chi connectivity index (χ3v) is 9.75. The zero-order chi connectivity index (χ0) is 37.5. The Hall–Kier alpha value is -7.13. The van der Waals surface area contributed by atoms with Crippen LogP contribution < -0.4 is 21.1 Å². The minimum absolute atomic E-state index is 0.000114.